The van der Waals surface area contributed by atoms with Gasteiger partial charge in [0, 0.05) is 7.05 Å². The van der Waals surface area contributed by atoms with Crippen molar-refractivity contribution in [1.29, 1.82) is 0 Å². The first-order valence-corrected chi connectivity index (χ1v) is 11.6. The van der Waals surface area contributed by atoms with E-state index < -0.39 is 5.95 Å². The molecule has 4 aromatic rings. The number of rotatable bonds is 6. The molecule has 1 heterocycles. The highest BCUT2D eigenvalue weighted by molar-refractivity contribution is 6.01. The molecule has 0 radical (unpaired) electrons. The average molecular weight is 451 g/mol. The molecule has 5 heteroatoms. The van der Waals surface area contributed by atoms with Crippen molar-refractivity contribution in [3.63, 3.8) is 0 Å². The lowest BCUT2D eigenvalue weighted by molar-refractivity contribution is 0.401. The molecule has 0 bridgehead atoms. The van der Waals surface area contributed by atoms with Crippen molar-refractivity contribution in [3.8, 4) is 0 Å². The molecule has 5 rings (SSSR count). The standard InChI is InChI=1S/C29H27FN4/c1-32-26(31)17-12-19-10-13-22(14-11-19)28(23-15-16-25-24(18-23)29(30)34-33-25)27(21-8-5-9-21)20-6-3-2-4-7-20/h2-4,6-7,10-18,21H,5,8-9H2,1H3,(H2,31,32)(H,33,34)/b17-12+,28-27-. The van der Waals surface area contributed by atoms with E-state index in [1.54, 1.807) is 13.1 Å². The Balaban J connectivity index is 1.70. The van der Waals surface area contributed by atoms with Crippen LogP contribution in [0.2, 0.25) is 0 Å². The number of aromatic amines is 1. The Bertz CT molecular complexity index is 1390. The van der Waals surface area contributed by atoms with Gasteiger partial charge in [0.25, 0.3) is 0 Å². The Morgan fingerprint density at radius 2 is 1.74 bits per heavy atom. The van der Waals surface area contributed by atoms with Gasteiger partial charge in [0.1, 0.15) is 5.84 Å². The molecule has 3 aromatic carbocycles. The number of nitrogens with one attached hydrogen (secondary N) is 1. The highest BCUT2D eigenvalue weighted by atomic mass is 19.1. The monoisotopic (exact) mass is 450 g/mol. The van der Waals surface area contributed by atoms with Crippen molar-refractivity contribution in [3.05, 3.63) is 107 Å². The number of benzene rings is 3. The minimum absolute atomic E-state index is 0.406. The zero-order valence-electron chi connectivity index (χ0n) is 19.1. The molecule has 3 N–H and O–H groups in total. The number of halogens is 1. The number of nitrogens with zero attached hydrogens (tertiary/aromatic N) is 2. The summed E-state index contributed by atoms with van der Waals surface area (Å²) in [5.74, 6) is 0.552. The first kappa shape index (κ1) is 21.8. The molecule has 0 spiro atoms. The third-order valence-corrected chi connectivity index (χ3v) is 6.57. The molecule has 34 heavy (non-hydrogen) atoms. The topological polar surface area (TPSA) is 67.1 Å². The van der Waals surface area contributed by atoms with Crippen molar-refractivity contribution in [1.82, 2.24) is 10.2 Å². The van der Waals surface area contributed by atoms with Crippen molar-refractivity contribution in [2.24, 2.45) is 16.6 Å². The van der Waals surface area contributed by atoms with Gasteiger partial charge in [-0.05, 0) is 70.4 Å². The van der Waals surface area contributed by atoms with Crippen LogP contribution in [0.1, 0.15) is 41.5 Å². The molecule has 1 fully saturated rings. The normalized spacial score (nSPS) is 15.5. The number of nitrogens with two attached hydrogens (primary N) is 1. The van der Waals surface area contributed by atoms with Crippen LogP contribution < -0.4 is 5.73 Å². The first-order chi connectivity index (χ1) is 16.6. The van der Waals surface area contributed by atoms with Crippen LogP contribution in [0.15, 0.2) is 83.9 Å². The van der Waals surface area contributed by atoms with Gasteiger partial charge in [-0.2, -0.15) is 9.49 Å². The fourth-order valence-corrected chi connectivity index (χ4v) is 4.53. The number of hydrogen-bond donors (Lipinski definition) is 2. The third-order valence-electron chi connectivity index (χ3n) is 6.57. The molecule has 1 aliphatic rings. The second kappa shape index (κ2) is 9.48. The van der Waals surface area contributed by atoms with Gasteiger partial charge in [0.05, 0.1) is 10.9 Å². The Morgan fingerprint density at radius 3 is 2.41 bits per heavy atom. The number of fused-ring (bicyclic) bond motifs is 1. The lowest BCUT2D eigenvalue weighted by Gasteiger charge is -2.31. The highest BCUT2D eigenvalue weighted by Crippen LogP contribution is 2.45. The zero-order chi connectivity index (χ0) is 23.5. The van der Waals surface area contributed by atoms with Gasteiger partial charge < -0.3 is 5.73 Å². The fraction of sp³-hybridized carbons (Fsp3) is 0.172. The third kappa shape index (κ3) is 4.29. The number of H-pyrrole nitrogens is 1. The van der Waals surface area contributed by atoms with Gasteiger partial charge >= 0.3 is 0 Å². The van der Waals surface area contributed by atoms with Crippen LogP contribution in [0.3, 0.4) is 0 Å². The van der Waals surface area contributed by atoms with Gasteiger partial charge in [-0.15, -0.1) is 0 Å². The molecule has 1 saturated carbocycles. The van der Waals surface area contributed by atoms with Crippen molar-refractivity contribution in [2.75, 3.05) is 7.05 Å². The van der Waals surface area contributed by atoms with Crippen LogP contribution in [0.4, 0.5) is 4.39 Å². The smallest absolute Gasteiger partial charge is 0.216 e. The molecule has 0 aliphatic heterocycles. The van der Waals surface area contributed by atoms with Gasteiger partial charge in [-0.1, -0.05) is 73.2 Å². The number of allylic oxidation sites excluding steroid dienone is 1. The Labute approximate surface area is 198 Å². The van der Waals surface area contributed by atoms with Gasteiger partial charge in [-0.25, -0.2) is 0 Å². The summed E-state index contributed by atoms with van der Waals surface area (Å²) in [6, 6.07) is 24.8. The van der Waals surface area contributed by atoms with E-state index in [1.165, 1.54) is 17.6 Å². The predicted octanol–water partition coefficient (Wildman–Crippen LogP) is 6.46. The summed E-state index contributed by atoms with van der Waals surface area (Å²) < 4.78 is 14.4. The van der Waals surface area contributed by atoms with Crippen molar-refractivity contribution >= 4 is 34.0 Å². The zero-order valence-corrected chi connectivity index (χ0v) is 19.1. The Hall–Kier alpha value is -3.99. The average Bonchev–Trinajstić information content (AvgIpc) is 3.22. The molecule has 1 aromatic heterocycles. The Morgan fingerprint density at radius 1 is 1.00 bits per heavy atom. The molecular weight excluding hydrogens is 423 g/mol. The summed E-state index contributed by atoms with van der Waals surface area (Å²) in [5.41, 5.74) is 13.2. The predicted molar refractivity (Wildman–Crippen MR) is 139 cm³/mol. The van der Waals surface area contributed by atoms with Crippen LogP contribution in [0, 0.1) is 11.9 Å². The van der Waals surface area contributed by atoms with E-state index in [0.717, 1.165) is 35.1 Å². The molecular formula is C29H27FN4. The summed E-state index contributed by atoms with van der Waals surface area (Å²) in [5, 5.41) is 7.03. The van der Waals surface area contributed by atoms with E-state index in [1.807, 2.05) is 30.3 Å². The number of amidine groups is 1. The number of aromatic nitrogens is 2. The van der Waals surface area contributed by atoms with E-state index in [0.29, 0.717) is 22.7 Å². The van der Waals surface area contributed by atoms with E-state index in [-0.39, 0.29) is 0 Å². The van der Waals surface area contributed by atoms with Crippen LogP contribution in [0.5, 0.6) is 0 Å². The maximum absolute atomic E-state index is 14.4. The highest BCUT2D eigenvalue weighted by Gasteiger charge is 2.27. The SMILES string of the molecule is CN=C(N)/C=C/c1ccc(/C(=C(\c2ccccc2)C2CCC2)c2ccc3n[nH]c(F)c3c2)cc1. The molecule has 0 amide bonds. The van der Waals surface area contributed by atoms with Crippen LogP contribution >= 0.6 is 0 Å². The first-order valence-electron chi connectivity index (χ1n) is 11.6. The second-order valence-electron chi connectivity index (χ2n) is 8.66. The van der Waals surface area contributed by atoms with E-state index >= 15 is 0 Å². The van der Waals surface area contributed by atoms with Gasteiger partial charge in [-0.3, -0.25) is 10.1 Å². The molecule has 4 nitrogen and oxygen atoms in total. The van der Waals surface area contributed by atoms with Crippen LogP contribution in [-0.2, 0) is 0 Å². The largest absolute Gasteiger partial charge is 0.384 e. The summed E-state index contributed by atoms with van der Waals surface area (Å²) in [6.45, 7) is 0. The summed E-state index contributed by atoms with van der Waals surface area (Å²) in [6.07, 6.45) is 7.30. The number of aliphatic imine (C=N–C) groups is 1. The van der Waals surface area contributed by atoms with Crippen molar-refractivity contribution in [2.45, 2.75) is 19.3 Å². The van der Waals surface area contributed by atoms with Crippen molar-refractivity contribution < 1.29 is 4.39 Å². The molecule has 1 aliphatic carbocycles. The van der Waals surface area contributed by atoms with E-state index in [2.05, 4.69) is 63.7 Å². The lowest BCUT2D eigenvalue weighted by Crippen LogP contribution is -2.15. The summed E-state index contributed by atoms with van der Waals surface area (Å²) in [7, 11) is 1.67. The fourth-order valence-electron chi connectivity index (χ4n) is 4.53. The quantitative estimate of drug-likeness (QED) is 0.201. The van der Waals surface area contributed by atoms with Gasteiger partial charge in [0.2, 0.25) is 5.95 Å². The molecule has 170 valence electrons. The van der Waals surface area contributed by atoms with Crippen LogP contribution in [0.25, 0.3) is 28.1 Å². The second-order valence-corrected chi connectivity index (χ2v) is 8.66. The van der Waals surface area contributed by atoms with Crippen LogP contribution in [-0.4, -0.2) is 23.1 Å². The number of hydrogen-bond acceptors (Lipinski definition) is 2. The minimum Gasteiger partial charge on any atom is -0.384 e. The van der Waals surface area contributed by atoms with E-state index in [4.69, 9.17) is 5.73 Å². The maximum atomic E-state index is 14.4. The van der Waals surface area contributed by atoms with E-state index in [9.17, 15) is 4.39 Å². The molecule has 0 unspecified atom stereocenters. The minimum atomic E-state index is -0.406. The lowest BCUT2D eigenvalue weighted by atomic mass is 9.73. The summed E-state index contributed by atoms with van der Waals surface area (Å²) >= 11 is 0. The summed E-state index contributed by atoms with van der Waals surface area (Å²) in [4.78, 5) is 3.97. The molecule has 0 saturated heterocycles. The maximum Gasteiger partial charge on any atom is 0.216 e. The van der Waals surface area contributed by atoms with Gasteiger partial charge in [0.15, 0.2) is 0 Å². The molecule has 0 atom stereocenters. The Kier molecular flexibility index (Phi) is 6.09.